The van der Waals surface area contributed by atoms with Gasteiger partial charge in [-0.25, -0.2) is 0 Å². The molecule has 0 spiro atoms. The molecule has 2 aliphatic rings. The lowest BCUT2D eigenvalue weighted by Gasteiger charge is -2.30. The van der Waals surface area contributed by atoms with E-state index in [1.54, 1.807) is 0 Å². The molecule has 1 heterocycles. The van der Waals surface area contributed by atoms with E-state index in [0.29, 0.717) is 13.2 Å². The minimum Gasteiger partial charge on any atom is -0.346 e. The number of hydrogen-bond donors (Lipinski definition) is 0. The third-order valence-corrected chi connectivity index (χ3v) is 2.73. The molecule has 0 aromatic rings. The minimum atomic E-state index is -0.510. The molecule has 0 aromatic carbocycles. The molecule has 2 unspecified atom stereocenters. The van der Waals surface area contributed by atoms with Gasteiger partial charge in [0.25, 0.3) is 0 Å². The molecule has 0 amide bonds. The third kappa shape index (κ3) is 1.20. The van der Waals surface area contributed by atoms with Crippen molar-refractivity contribution in [3.63, 3.8) is 0 Å². The Hall–Kier alpha value is -0.480. The average Bonchev–Trinajstić information content (AvgIpc) is 2.63. The molecule has 13 heavy (non-hydrogen) atoms. The van der Waals surface area contributed by atoms with Crippen LogP contribution in [-0.2, 0) is 9.47 Å². The highest BCUT2D eigenvalue weighted by atomic mass is 16.7. The van der Waals surface area contributed by atoms with Crippen molar-refractivity contribution in [2.45, 2.75) is 44.6 Å². The summed E-state index contributed by atoms with van der Waals surface area (Å²) in [4.78, 5) is 0. The fourth-order valence-electron chi connectivity index (χ4n) is 2.26. The summed E-state index contributed by atoms with van der Waals surface area (Å²) in [5.41, 5.74) is 0. The first-order valence-electron chi connectivity index (χ1n) is 5.01. The summed E-state index contributed by atoms with van der Waals surface area (Å²) in [6.45, 7) is 5.30. The van der Waals surface area contributed by atoms with Crippen LogP contribution in [0.3, 0.4) is 0 Å². The summed E-state index contributed by atoms with van der Waals surface area (Å²) in [6, 6.07) is 0.273. The molecule has 0 saturated heterocycles. The van der Waals surface area contributed by atoms with E-state index >= 15 is 0 Å². The molecular formula is C9H16N2O2. The molecule has 0 aromatic heterocycles. The van der Waals surface area contributed by atoms with E-state index in [1.807, 2.05) is 13.8 Å². The van der Waals surface area contributed by atoms with Crippen LogP contribution in [0.2, 0.25) is 0 Å². The van der Waals surface area contributed by atoms with E-state index in [4.69, 9.17) is 9.47 Å². The van der Waals surface area contributed by atoms with Gasteiger partial charge in [0.2, 0.25) is 5.79 Å². The highest BCUT2D eigenvalue weighted by Gasteiger charge is 2.57. The zero-order chi connectivity index (χ0) is 9.31. The first kappa shape index (κ1) is 9.09. The van der Waals surface area contributed by atoms with Crippen LogP contribution >= 0.6 is 0 Å². The summed E-state index contributed by atoms with van der Waals surface area (Å²) in [7, 11) is 0. The van der Waals surface area contributed by atoms with E-state index < -0.39 is 5.79 Å². The quantitative estimate of drug-likeness (QED) is 0.625. The van der Waals surface area contributed by atoms with Gasteiger partial charge in [-0.1, -0.05) is 0 Å². The Morgan fingerprint density at radius 2 is 1.54 bits per heavy atom. The van der Waals surface area contributed by atoms with Gasteiger partial charge in [0.05, 0.1) is 0 Å². The van der Waals surface area contributed by atoms with E-state index in [0.717, 1.165) is 12.8 Å². The largest absolute Gasteiger partial charge is 0.346 e. The normalized spacial score (nSPS) is 34.3. The van der Waals surface area contributed by atoms with E-state index in [9.17, 15) is 0 Å². The summed E-state index contributed by atoms with van der Waals surface area (Å²) in [5, 5.41) is 8.34. The van der Waals surface area contributed by atoms with Gasteiger partial charge >= 0.3 is 0 Å². The maximum atomic E-state index is 5.71. The van der Waals surface area contributed by atoms with E-state index in [-0.39, 0.29) is 12.1 Å². The average molecular weight is 184 g/mol. The van der Waals surface area contributed by atoms with Crippen LogP contribution in [0.1, 0.15) is 26.7 Å². The second-order valence-electron chi connectivity index (χ2n) is 3.43. The second kappa shape index (κ2) is 3.35. The summed E-state index contributed by atoms with van der Waals surface area (Å²) in [5.74, 6) is -0.510. The number of ether oxygens (including phenoxy) is 2. The van der Waals surface area contributed by atoms with Crippen molar-refractivity contribution in [2.75, 3.05) is 13.2 Å². The predicted molar refractivity (Wildman–Crippen MR) is 47.6 cm³/mol. The van der Waals surface area contributed by atoms with E-state index in [2.05, 4.69) is 10.2 Å². The molecule has 4 heteroatoms. The van der Waals surface area contributed by atoms with Gasteiger partial charge in [0.15, 0.2) is 0 Å². The second-order valence-corrected chi connectivity index (χ2v) is 3.43. The lowest BCUT2D eigenvalue weighted by molar-refractivity contribution is -0.233. The molecule has 1 aliphatic heterocycles. The standard InChI is InChI=1S/C9H16N2O2/c1-3-12-9(13-4-2)7-5-6-8(9)11-10-7/h7-8H,3-6H2,1-2H3. The monoisotopic (exact) mass is 184 g/mol. The van der Waals surface area contributed by atoms with Gasteiger partial charge in [-0.05, 0) is 26.7 Å². The van der Waals surface area contributed by atoms with Gasteiger partial charge in [0, 0.05) is 13.2 Å². The number of fused-ring (bicyclic) bond motifs is 2. The van der Waals surface area contributed by atoms with Crippen molar-refractivity contribution in [3.8, 4) is 0 Å². The molecule has 2 atom stereocenters. The third-order valence-electron chi connectivity index (χ3n) is 2.73. The molecule has 2 rings (SSSR count). The Bertz CT molecular complexity index is 196. The predicted octanol–water partition coefficient (Wildman–Crippen LogP) is 1.75. The van der Waals surface area contributed by atoms with Crippen LogP contribution in [0, 0.1) is 0 Å². The Balaban J connectivity index is 2.15. The SMILES string of the molecule is CCOC1(OCC)C2CCC1N=N2. The van der Waals surface area contributed by atoms with Crippen molar-refractivity contribution < 1.29 is 9.47 Å². The van der Waals surface area contributed by atoms with Crippen molar-refractivity contribution >= 4 is 0 Å². The van der Waals surface area contributed by atoms with Gasteiger partial charge in [0.1, 0.15) is 12.1 Å². The lowest BCUT2D eigenvalue weighted by atomic mass is 10.1. The Labute approximate surface area is 78.3 Å². The Morgan fingerprint density at radius 1 is 1.08 bits per heavy atom. The lowest BCUT2D eigenvalue weighted by Crippen LogP contribution is -2.46. The first-order valence-corrected chi connectivity index (χ1v) is 5.01. The zero-order valence-corrected chi connectivity index (χ0v) is 8.19. The van der Waals surface area contributed by atoms with Crippen LogP contribution in [0.5, 0.6) is 0 Å². The number of nitrogens with zero attached hydrogens (tertiary/aromatic N) is 2. The van der Waals surface area contributed by atoms with Crippen LogP contribution in [0.25, 0.3) is 0 Å². The molecular weight excluding hydrogens is 168 g/mol. The Morgan fingerprint density at radius 3 is 1.85 bits per heavy atom. The van der Waals surface area contributed by atoms with E-state index in [1.165, 1.54) is 0 Å². The molecule has 1 saturated carbocycles. The molecule has 0 N–H and O–H groups in total. The fraction of sp³-hybridized carbons (Fsp3) is 1.00. The van der Waals surface area contributed by atoms with Crippen LogP contribution in [0.4, 0.5) is 0 Å². The van der Waals surface area contributed by atoms with Crippen molar-refractivity contribution in [1.82, 2.24) is 0 Å². The highest BCUT2D eigenvalue weighted by molar-refractivity contribution is 5.06. The smallest absolute Gasteiger partial charge is 0.217 e. The number of hydrogen-bond acceptors (Lipinski definition) is 4. The minimum absolute atomic E-state index is 0.136. The van der Waals surface area contributed by atoms with Crippen LogP contribution in [0.15, 0.2) is 10.2 Å². The Kier molecular flexibility index (Phi) is 2.34. The maximum Gasteiger partial charge on any atom is 0.217 e. The van der Waals surface area contributed by atoms with Crippen LogP contribution in [-0.4, -0.2) is 31.1 Å². The summed E-state index contributed by atoms with van der Waals surface area (Å²) >= 11 is 0. The van der Waals surface area contributed by atoms with Crippen LogP contribution < -0.4 is 0 Å². The van der Waals surface area contributed by atoms with Gasteiger partial charge < -0.3 is 9.47 Å². The molecule has 0 radical (unpaired) electrons. The maximum absolute atomic E-state index is 5.71. The molecule has 4 nitrogen and oxygen atoms in total. The van der Waals surface area contributed by atoms with Crippen molar-refractivity contribution in [2.24, 2.45) is 10.2 Å². The van der Waals surface area contributed by atoms with Gasteiger partial charge in [-0.15, -0.1) is 0 Å². The molecule has 1 fully saturated rings. The zero-order valence-electron chi connectivity index (χ0n) is 8.19. The number of azo groups is 1. The topological polar surface area (TPSA) is 43.2 Å². The summed E-state index contributed by atoms with van der Waals surface area (Å²) in [6.07, 6.45) is 2.10. The van der Waals surface area contributed by atoms with Gasteiger partial charge in [-0.3, -0.25) is 0 Å². The highest BCUT2D eigenvalue weighted by Crippen LogP contribution is 2.44. The number of rotatable bonds is 4. The molecule has 1 aliphatic carbocycles. The first-order chi connectivity index (χ1) is 6.33. The fourth-order valence-corrected chi connectivity index (χ4v) is 2.26. The summed E-state index contributed by atoms with van der Waals surface area (Å²) < 4.78 is 11.4. The molecule has 2 bridgehead atoms. The molecule has 74 valence electrons. The van der Waals surface area contributed by atoms with Crippen molar-refractivity contribution in [3.05, 3.63) is 0 Å². The van der Waals surface area contributed by atoms with Crippen molar-refractivity contribution in [1.29, 1.82) is 0 Å². The van der Waals surface area contributed by atoms with Gasteiger partial charge in [-0.2, -0.15) is 10.2 Å².